The van der Waals surface area contributed by atoms with Crippen molar-refractivity contribution in [2.45, 2.75) is 102 Å². The second-order valence-electron chi connectivity index (χ2n) is 9.21. The van der Waals surface area contributed by atoms with Crippen molar-refractivity contribution in [2.75, 3.05) is 19.6 Å². The van der Waals surface area contributed by atoms with Crippen LogP contribution < -0.4 is 5.32 Å². The van der Waals surface area contributed by atoms with Crippen molar-refractivity contribution in [1.82, 2.24) is 9.55 Å². The Morgan fingerprint density at radius 3 is 1.54 bits per heavy atom. The maximum atomic E-state index is 3.94. The number of rotatable bonds is 10. The third-order valence-corrected chi connectivity index (χ3v) is 22.6. The van der Waals surface area contributed by atoms with Crippen LogP contribution in [0.4, 0.5) is 0 Å². The van der Waals surface area contributed by atoms with Crippen LogP contribution in [0, 0.1) is 6.92 Å². The summed E-state index contributed by atoms with van der Waals surface area (Å²) in [4.78, 5) is 0. The molecule has 1 saturated heterocycles. The first-order valence-electron chi connectivity index (χ1n) is 10.5. The van der Waals surface area contributed by atoms with Gasteiger partial charge in [0.1, 0.15) is 16.5 Å². The standard InChI is InChI=1S/C20H45N2Si2/c1-10-12-21-13-11-14-22-23(17(2)3,18(4)5)15-16-24(22,19(6)7)20(8)9/h17-21H,1,10-16H2,2-9H3. The summed E-state index contributed by atoms with van der Waals surface area (Å²) in [7, 11) is -2.78. The zero-order valence-electron chi connectivity index (χ0n) is 17.9. The summed E-state index contributed by atoms with van der Waals surface area (Å²) < 4.78 is 3.26. The summed E-state index contributed by atoms with van der Waals surface area (Å²) in [5.74, 6) is 0. The van der Waals surface area contributed by atoms with Crippen LogP contribution in [-0.2, 0) is 0 Å². The van der Waals surface area contributed by atoms with Gasteiger partial charge >= 0.3 is 0 Å². The van der Waals surface area contributed by atoms with Gasteiger partial charge in [-0.3, -0.25) is 0 Å². The highest BCUT2D eigenvalue weighted by Crippen LogP contribution is 2.55. The molecule has 0 aromatic carbocycles. The molecule has 0 saturated carbocycles. The molecule has 1 radical (unpaired) electrons. The maximum absolute atomic E-state index is 3.94. The Morgan fingerprint density at radius 1 is 0.792 bits per heavy atom. The summed E-state index contributed by atoms with van der Waals surface area (Å²) in [6.07, 6.45) is 2.31. The lowest BCUT2D eigenvalue weighted by atomic mass is 10.4. The lowest BCUT2D eigenvalue weighted by Crippen LogP contribution is -2.65. The van der Waals surface area contributed by atoms with Gasteiger partial charge in [-0.25, -0.2) is 0 Å². The number of nitrogens with zero attached hydrogens (tertiary/aromatic N) is 1. The first kappa shape index (κ1) is 22.4. The maximum Gasteiger partial charge on any atom is 0.126 e. The lowest BCUT2D eigenvalue weighted by molar-refractivity contribution is 0.514. The minimum Gasteiger partial charge on any atom is -0.344 e. The molecule has 1 aliphatic heterocycles. The highest BCUT2D eigenvalue weighted by atomic mass is 28.4. The Labute approximate surface area is 155 Å². The average Bonchev–Trinajstić information content (AvgIpc) is 2.84. The van der Waals surface area contributed by atoms with Crippen LogP contribution in [0.25, 0.3) is 0 Å². The third-order valence-electron chi connectivity index (χ3n) is 7.02. The predicted octanol–water partition coefficient (Wildman–Crippen LogP) is 6.04. The normalized spacial score (nSPS) is 20.9. The average molecular weight is 370 g/mol. The van der Waals surface area contributed by atoms with Gasteiger partial charge in [-0.05, 0) is 66.7 Å². The largest absolute Gasteiger partial charge is 0.344 e. The quantitative estimate of drug-likeness (QED) is 0.373. The number of hydrogen-bond donors (Lipinski definition) is 1. The van der Waals surface area contributed by atoms with E-state index in [-0.39, 0.29) is 0 Å². The van der Waals surface area contributed by atoms with Crippen molar-refractivity contribution in [1.29, 1.82) is 0 Å². The molecule has 0 atom stereocenters. The van der Waals surface area contributed by atoms with E-state index < -0.39 is 16.5 Å². The summed E-state index contributed by atoms with van der Waals surface area (Å²) in [6, 6.07) is 3.11. The smallest absolute Gasteiger partial charge is 0.126 e. The van der Waals surface area contributed by atoms with E-state index in [1.807, 2.05) is 0 Å². The van der Waals surface area contributed by atoms with Crippen LogP contribution >= 0.6 is 0 Å². The Balaban J connectivity index is 3.13. The summed E-state index contributed by atoms with van der Waals surface area (Å²) in [5.41, 5.74) is 3.49. The molecule has 0 aromatic heterocycles. The SMILES string of the molecule is [CH2]CCNCCCN1[Si](C(C)C)(C(C)C)CC[Si]1(C(C)C)C(C)C. The monoisotopic (exact) mass is 369 g/mol. The molecule has 1 N–H and O–H groups in total. The van der Waals surface area contributed by atoms with Crippen LogP contribution in [0.3, 0.4) is 0 Å². The Morgan fingerprint density at radius 2 is 1.21 bits per heavy atom. The van der Waals surface area contributed by atoms with E-state index in [9.17, 15) is 0 Å². The van der Waals surface area contributed by atoms with Crippen molar-refractivity contribution >= 4 is 16.5 Å². The summed E-state index contributed by atoms with van der Waals surface area (Å²) >= 11 is 0. The van der Waals surface area contributed by atoms with Crippen LogP contribution in [0.15, 0.2) is 0 Å². The topological polar surface area (TPSA) is 15.3 Å². The molecule has 0 aliphatic carbocycles. The zero-order valence-corrected chi connectivity index (χ0v) is 19.9. The van der Waals surface area contributed by atoms with E-state index in [1.165, 1.54) is 13.0 Å². The highest BCUT2D eigenvalue weighted by Gasteiger charge is 2.61. The number of hydrogen-bond acceptors (Lipinski definition) is 2. The molecule has 1 rings (SSSR count). The number of nitrogens with one attached hydrogen (secondary N) is 1. The van der Waals surface area contributed by atoms with E-state index in [1.54, 1.807) is 12.1 Å². The van der Waals surface area contributed by atoms with E-state index in [0.717, 1.165) is 41.7 Å². The van der Waals surface area contributed by atoms with Gasteiger partial charge in [-0.2, -0.15) is 0 Å². The van der Waals surface area contributed by atoms with Crippen molar-refractivity contribution in [3.63, 3.8) is 0 Å². The zero-order chi connectivity index (χ0) is 18.5. The predicted molar refractivity (Wildman–Crippen MR) is 116 cm³/mol. The van der Waals surface area contributed by atoms with Crippen LogP contribution in [0.2, 0.25) is 34.3 Å². The third kappa shape index (κ3) is 4.02. The van der Waals surface area contributed by atoms with Gasteiger partial charge in [0.15, 0.2) is 0 Å². The summed E-state index contributed by atoms with van der Waals surface area (Å²) in [6.45, 7) is 27.8. The minimum atomic E-state index is -1.39. The fourth-order valence-corrected chi connectivity index (χ4v) is 25.1. The van der Waals surface area contributed by atoms with Gasteiger partial charge in [-0.15, -0.1) is 0 Å². The van der Waals surface area contributed by atoms with Gasteiger partial charge in [0.25, 0.3) is 0 Å². The Kier molecular flexibility index (Phi) is 8.71. The molecule has 0 spiro atoms. The van der Waals surface area contributed by atoms with Gasteiger partial charge in [-0.1, -0.05) is 62.3 Å². The second kappa shape index (κ2) is 9.34. The molecular weight excluding hydrogens is 324 g/mol. The molecule has 1 fully saturated rings. The molecule has 4 heteroatoms. The first-order valence-corrected chi connectivity index (χ1v) is 15.1. The fourth-order valence-electron chi connectivity index (χ4n) is 5.82. The van der Waals surface area contributed by atoms with Gasteiger partial charge in [0, 0.05) is 0 Å². The van der Waals surface area contributed by atoms with Crippen molar-refractivity contribution in [2.24, 2.45) is 0 Å². The molecule has 0 aromatic rings. The molecule has 1 aliphatic rings. The van der Waals surface area contributed by atoms with Crippen LogP contribution in [0.5, 0.6) is 0 Å². The lowest BCUT2D eigenvalue weighted by Gasteiger charge is -2.53. The van der Waals surface area contributed by atoms with Crippen LogP contribution in [-0.4, -0.2) is 40.3 Å². The molecule has 0 bridgehead atoms. The highest BCUT2D eigenvalue weighted by molar-refractivity contribution is 6.99. The molecule has 2 nitrogen and oxygen atoms in total. The molecule has 24 heavy (non-hydrogen) atoms. The van der Waals surface area contributed by atoms with Gasteiger partial charge in [0.05, 0.1) is 0 Å². The van der Waals surface area contributed by atoms with Gasteiger partial charge < -0.3 is 9.55 Å². The second-order valence-corrected chi connectivity index (χ2v) is 20.3. The van der Waals surface area contributed by atoms with Gasteiger partial charge in [0.2, 0.25) is 0 Å². The van der Waals surface area contributed by atoms with E-state index in [0.29, 0.717) is 0 Å². The molecule has 143 valence electrons. The van der Waals surface area contributed by atoms with E-state index in [4.69, 9.17) is 0 Å². The molecular formula is C20H45N2Si2. The summed E-state index contributed by atoms with van der Waals surface area (Å²) in [5, 5.41) is 3.57. The molecule has 0 amide bonds. The Hall–Kier alpha value is 0.354. The fraction of sp³-hybridized carbons (Fsp3) is 0.950. The van der Waals surface area contributed by atoms with Crippen molar-refractivity contribution in [3.05, 3.63) is 6.92 Å². The first-order chi connectivity index (χ1) is 11.2. The molecule has 0 unspecified atom stereocenters. The Bertz CT molecular complexity index is 323. The minimum absolute atomic E-state index is 0.872. The van der Waals surface area contributed by atoms with Crippen molar-refractivity contribution in [3.8, 4) is 0 Å². The molecule has 1 heterocycles. The van der Waals surface area contributed by atoms with Crippen LogP contribution in [0.1, 0.15) is 68.2 Å². The van der Waals surface area contributed by atoms with E-state index in [2.05, 4.69) is 71.9 Å². The van der Waals surface area contributed by atoms with E-state index >= 15 is 0 Å². The van der Waals surface area contributed by atoms with Crippen molar-refractivity contribution < 1.29 is 0 Å².